The Bertz CT molecular complexity index is 988. The number of hydrogen-bond acceptors (Lipinski definition) is 5. The lowest BCUT2D eigenvalue weighted by Gasteiger charge is -2.16. The van der Waals surface area contributed by atoms with Crippen molar-refractivity contribution in [2.45, 2.75) is 26.4 Å². The van der Waals surface area contributed by atoms with Crippen molar-refractivity contribution in [1.82, 2.24) is 19.7 Å². The zero-order valence-corrected chi connectivity index (χ0v) is 17.8. The van der Waals surface area contributed by atoms with Gasteiger partial charge in [-0.05, 0) is 56.3 Å². The van der Waals surface area contributed by atoms with Crippen LogP contribution in [0, 0.1) is 0 Å². The van der Waals surface area contributed by atoms with E-state index in [-0.39, 0.29) is 5.56 Å². The van der Waals surface area contributed by atoms with Crippen LogP contribution >= 0.6 is 11.6 Å². The molecule has 2 heterocycles. The summed E-state index contributed by atoms with van der Waals surface area (Å²) in [5, 5.41) is 14.4. The maximum Gasteiger partial charge on any atom is 0.335 e. The molecule has 3 aromatic rings. The summed E-state index contributed by atoms with van der Waals surface area (Å²) in [6.07, 6.45) is 5.05. The van der Waals surface area contributed by atoms with Crippen molar-refractivity contribution in [3.63, 3.8) is 0 Å². The monoisotopic (exact) mass is 428 g/mol. The quantitative estimate of drug-likeness (QED) is 0.524. The summed E-state index contributed by atoms with van der Waals surface area (Å²) in [6.45, 7) is 4.35. The first-order valence-electron chi connectivity index (χ1n) is 9.80. The molecular formula is C22H25ClN4O3. The van der Waals surface area contributed by atoms with Crippen LogP contribution in [-0.4, -0.2) is 50.9 Å². The standard InChI is InChI=1S/C22H25ClN4O3/c1-3-11-26(2)12-9-18-14-25-27(20-13-17(22(28)29)8-10-24-20)21(18)30-15-16-4-6-19(23)7-5-16/h4-8,10,13-14H,3,9,11-12,15H2,1-2H3,(H,28,29). The van der Waals surface area contributed by atoms with E-state index in [1.54, 1.807) is 10.9 Å². The van der Waals surface area contributed by atoms with Crippen molar-refractivity contribution in [3.8, 4) is 11.7 Å². The molecule has 0 saturated carbocycles. The Hall–Kier alpha value is -2.90. The number of aromatic carboxylic acids is 1. The molecule has 0 saturated heterocycles. The van der Waals surface area contributed by atoms with Crippen LogP contribution in [0.4, 0.5) is 0 Å². The number of benzene rings is 1. The van der Waals surface area contributed by atoms with Crippen LogP contribution in [-0.2, 0) is 13.0 Å². The highest BCUT2D eigenvalue weighted by atomic mass is 35.5. The van der Waals surface area contributed by atoms with Crippen LogP contribution in [0.1, 0.15) is 34.8 Å². The molecule has 0 amide bonds. The number of likely N-dealkylation sites (N-methyl/N-ethyl adjacent to an activating group) is 1. The van der Waals surface area contributed by atoms with E-state index < -0.39 is 5.97 Å². The van der Waals surface area contributed by atoms with E-state index in [2.05, 4.69) is 29.0 Å². The van der Waals surface area contributed by atoms with Gasteiger partial charge in [0.15, 0.2) is 5.82 Å². The number of aromatic nitrogens is 3. The van der Waals surface area contributed by atoms with E-state index in [1.807, 2.05) is 24.3 Å². The SMILES string of the molecule is CCCN(C)CCc1cnn(-c2cc(C(=O)O)ccn2)c1OCc1ccc(Cl)cc1. The van der Waals surface area contributed by atoms with Gasteiger partial charge in [0.1, 0.15) is 6.61 Å². The van der Waals surface area contributed by atoms with Crippen LogP contribution in [0.25, 0.3) is 5.82 Å². The zero-order valence-electron chi connectivity index (χ0n) is 17.1. The van der Waals surface area contributed by atoms with Crippen LogP contribution in [0.2, 0.25) is 5.02 Å². The number of ether oxygens (including phenoxy) is 1. The van der Waals surface area contributed by atoms with Gasteiger partial charge < -0.3 is 14.7 Å². The molecule has 0 radical (unpaired) electrons. The first-order chi connectivity index (χ1) is 14.5. The minimum Gasteiger partial charge on any atom is -0.478 e. The van der Waals surface area contributed by atoms with Crippen molar-refractivity contribution >= 4 is 17.6 Å². The molecular weight excluding hydrogens is 404 g/mol. The van der Waals surface area contributed by atoms with Gasteiger partial charge in [-0.3, -0.25) is 0 Å². The van der Waals surface area contributed by atoms with Crippen LogP contribution in [0.3, 0.4) is 0 Å². The Balaban J connectivity index is 1.88. The average molecular weight is 429 g/mol. The summed E-state index contributed by atoms with van der Waals surface area (Å²) in [5.74, 6) is -0.0603. The molecule has 0 aliphatic heterocycles. The summed E-state index contributed by atoms with van der Waals surface area (Å²) in [6, 6.07) is 10.4. The molecule has 7 nitrogen and oxygen atoms in total. The van der Waals surface area contributed by atoms with Crippen molar-refractivity contribution in [2.75, 3.05) is 20.1 Å². The number of pyridine rings is 1. The highest BCUT2D eigenvalue weighted by Gasteiger charge is 2.17. The molecule has 8 heteroatoms. The largest absolute Gasteiger partial charge is 0.478 e. The third kappa shape index (κ3) is 5.58. The predicted molar refractivity (Wildman–Crippen MR) is 116 cm³/mol. The second-order valence-corrected chi connectivity index (χ2v) is 7.50. The number of carbonyl (C=O) groups is 1. The third-order valence-electron chi connectivity index (χ3n) is 4.66. The minimum atomic E-state index is -1.02. The lowest BCUT2D eigenvalue weighted by atomic mass is 10.2. The summed E-state index contributed by atoms with van der Waals surface area (Å²) in [5.41, 5.74) is 2.05. The van der Waals surface area contributed by atoms with Crippen LogP contribution in [0.5, 0.6) is 5.88 Å². The van der Waals surface area contributed by atoms with E-state index in [4.69, 9.17) is 16.3 Å². The molecule has 0 unspecified atom stereocenters. The number of rotatable bonds is 10. The van der Waals surface area contributed by atoms with Gasteiger partial charge in [0.25, 0.3) is 0 Å². The molecule has 1 N–H and O–H groups in total. The molecule has 3 rings (SSSR count). The Morgan fingerprint density at radius 1 is 1.23 bits per heavy atom. The van der Waals surface area contributed by atoms with E-state index in [0.29, 0.717) is 23.3 Å². The second kappa shape index (κ2) is 10.2. The number of carboxylic acids is 1. The fraction of sp³-hybridized carbons (Fsp3) is 0.318. The van der Waals surface area contributed by atoms with E-state index >= 15 is 0 Å². The molecule has 158 valence electrons. The van der Waals surface area contributed by atoms with Gasteiger partial charge in [-0.2, -0.15) is 9.78 Å². The first-order valence-corrected chi connectivity index (χ1v) is 10.2. The van der Waals surface area contributed by atoms with E-state index in [9.17, 15) is 9.90 Å². The van der Waals surface area contributed by atoms with Gasteiger partial charge in [-0.15, -0.1) is 0 Å². The van der Waals surface area contributed by atoms with Gasteiger partial charge in [-0.1, -0.05) is 30.7 Å². The van der Waals surface area contributed by atoms with E-state index in [1.165, 1.54) is 18.3 Å². The molecule has 0 fully saturated rings. The molecule has 30 heavy (non-hydrogen) atoms. The molecule has 0 bridgehead atoms. The van der Waals surface area contributed by atoms with Crippen molar-refractivity contribution in [1.29, 1.82) is 0 Å². The van der Waals surface area contributed by atoms with Crippen LogP contribution < -0.4 is 4.74 Å². The highest BCUT2D eigenvalue weighted by molar-refractivity contribution is 6.30. The summed E-state index contributed by atoms with van der Waals surface area (Å²) < 4.78 is 7.69. The zero-order chi connectivity index (χ0) is 21.5. The maximum atomic E-state index is 11.3. The smallest absolute Gasteiger partial charge is 0.335 e. The second-order valence-electron chi connectivity index (χ2n) is 7.06. The normalized spacial score (nSPS) is 11.1. The third-order valence-corrected chi connectivity index (χ3v) is 4.91. The average Bonchev–Trinajstić information content (AvgIpc) is 3.15. The summed E-state index contributed by atoms with van der Waals surface area (Å²) in [7, 11) is 2.08. The minimum absolute atomic E-state index is 0.142. The molecule has 0 aliphatic rings. The predicted octanol–water partition coefficient (Wildman–Crippen LogP) is 4.08. The van der Waals surface area contributed by atoms with Crippen LogP contribution in [0.15, 0.2) is 48.8 Å². The van der Waals surface area contributed by atoms with Gasteiger partial charge >= 0.3 is 5.97 Å². The highest BCUT2D eigenvalue weighted by Crippen LogP contribution is 2.24. The number of carboxylic acid groups (broad SMARTS) is 1. The van der Waals surface area contributed by atoms with Gasteiger partial charge in [0, 0.05) is 23.3 Å². The molecule has 0 atom stereocenters. The molecule has 2 aromatic heterocycles. The first kappa shape index (κ1) is 21.8. The fourth-order valence-electron chi connectivity index (χ4n) is 3.06. The molecule has 0 aliphatic carbocycles. The van der Waals surface area contributed by atoms with Gasteiger partial charge in [0.2, 0.25) is 5.88 Å². The van der Waals surface area contributed by atoms with Crippen molar-refractivity contribution in [2.24, 2.45) is 0 Å². The van der Waals surface area contributed by atoms with Gasteiger partial charge in [0.05, 0.1) is 11.8 Å². The Morgan fingerprint density at radius 2 is 2.00 bits per heavy atom. The Labute approximate surface area is 180 Å². The lowest BCUT2D eigenvalue weighted by molar-refractivity contribution is 0.0696. The number of hydrogen-bond donors (Lipinski definition) is 1. The Morgan fingerprint density at radius 3 is 2.70 bits per heavy atom. The van der Waals surface area contributed by atoms with Crippen molar-refractivity contribution < 1.29 is 14.6 Å². The van der Waals surface area contributed by atoms with Crippen molar-refractivity contribution in [3.05, 3.63) is 70.5 Å². The van der Waals surface area contributed by atoms with E-state index in [0.717, 1.165) is 37.1 Å². The topological polar surface area (TPSA) is 80.5 Å². The number of nitrogens with zero attached hydrogens (tertiary/aromatic N) is 4. The summed E-state index contributed by atoms with van der Waals surface area (Å²) in [4.78, 5) is 17.9. The summed E-state index contributed by atoms with van der Waals surface area (Å²) >= 11 is 5.96. The fourth-order valence-corrected chi connectivity index (χ4v) is 3.19. The lowest BCUT2D eigenvalue weighted by Crippen LogP contribution is -2.22. The Kier molecular flexibility index (Phi) is 7.43. The maximum absolute atomic E-state index is 11.3. The molecule has 1 aromatic carbocycles. The number of halogens is 1. The molecule has 0 spiro atoms. The van der Waals surface area contributed by atoms with Gasteiger partial charge in [-0.25, -0.2) is 9.78 Å².